The minimum absolute atomic E-state index is 0.230. The maximum atomic E-state index is 12.3. The van der Waals surface area contributed by atoms with E-state index in [4.69, 9.17) is 4.74 Å². The van der Waals surface area contributed by atoms with Crippen molar-refractivity contribution in [2.24, 2.45) is 0 Å². The summed E-state index contributed by atoms with van der Waals surface area (Å²) in [4.78, 5) is 12.3. The molecule has 0 saturated heterocycles. The molecule has 0 radical (unpaired) electrons. The number of benzene rings is 2. The van der Waals surface area contributed by atoms with Crippen LogP contribution < -0.4 is 10.1 Å². The van der Waals surface area contributed by atoms with Crippen LogP contribution in [0.4, 0.5) is 0 Å². The largest absolute Gasteiger partial charge is 0.493 e. The maximum absolute atomic E-state index is 12.3. The lowest BCUT2D eigenvalue weighted by Gasteiger charge is -2.00. The average molecular weight is 331 g/mol. The molecule has 0 bridgehead atoms. The fraction of sp³-hybridized carbons (Fsp3) is 0.100. The van der Waals surface area contributed by atoms with Gasteiger partial charge in [-0.05, 0) is 24.3 Å². The van der Waals surface area contributed by atoms with Crippen LogP contribution in [0.25, 0.3) is 5.69 Å². The summed E-state index contributed by atoms with van der Waals surface area (Å²) in [6.07, 6.45) is 1.68. The Morgan fingerprint density at radius 3 is 2.48 bits per heavy atom. The van der Waals surface area contributed by atoms with Gasteiger partial charge in [0, 0.05) is 5.56 Å². The van der Waals surface area contributed by atoms with Gasteiger partial charge in [0.2, 0.25) is 0 Å². The van der Waals surface area contributed by atoms with Crippen molar-refractivity contribution in [3.63, 3.8) is 0 Å². The monoisotopic (exact) mass is 331 g/mol. The van der Waals surface area contributed by atoms with Crippen molar-refractivity contribution >= 4 is 5.91 Å². The zero-order valence-corrected chi connectivity index (χ0v) is 13.8. The quantitative estimate of drug-likeness (QED) is 0.748. The van der Waals surface area contributed by atoms with Crippen molar-refractivity contribution in [1.82, 2.24) is 15.1 Å². The van der Waals surface area contributed by atoms with Crippen molar-refractivity contribution in [1.29, 1.82) is 0 Å². The number of aromatic nitrogens is 2. The molecule has 1 N–H and O–H groups in total. The van der Waals surface area contributed by atoms with Gasteiger partial charge in [-0.1, -0.05) is 48.2 Å². The molecule has 0 aliphatic heterocycles. The lowest BCUT2D eigenvalue weighted by Crippen LogP contribution is -2.24. The molecule has 1 heterocycles. The van der Waals surface area contributed by atoms with Gasteiger partial charge in [-0.25, -0.2) is 4.68 Å². The van der Waals surface area contributed by atoms with E-state index >= 15 is 0 Å². The van der Waals surface area contributed by atoms with Crippen LogP contribution in [0.2, 0.25) is 0 Å². The molecule has 0 atom stereocenters. The van der Waals surface area contributed by atoms with E-state index < -0.39 is 0 Å². The summed E-state index contributed by atoms with van der Waals surface area (Å²) in [5.74, 6) is 6.00. The number of amides is 1. The van der Waals surface area contributed by atoms with E-state index in [0.29, 0.717) is 5.75 Å². The Balaban J connectivity index is 1.70. The van der Waals surface area contributed by atoms with Crippen LogP contribution >= 0.6 is 0 Å². The van der Waals surface area contributed by atoms with Crippen LogP contribution in [0.5, 0.6) is 5.75 Å². The second-order valence-electron chi connectivity index (χ2n) is 5.18. The molecule has 3 aromatic rings. The van der Waals surface area contributed by atoms with Gasteiger partial charge in [-0.3, -0.25) is 4.79 Å². The molecule has 1 amide bonds. The summed E-state index contributed by atoms with van der Waals surface area (Å²) in [7, 11) is 1.51. The molecule has 0 unspecified atom stereocenters. The summed E-state index contributed by atoms with van der Waals surface area (Å²) in [5.41, 5.74) is 1.99. The summed E-state index contributed by atoms with van der Waals surface area (Å²) in [6.45, 7) is 0.231. The van der Waals surface area contributed by atoms with Gasteiger partial charge in [0.05, 0.1) is 25.5 Å². The van der Waals surface area contributed by atoms with Gasteiger partial charge in [-0.2, -0.15) is 5.10 Å². The number of hydrogen-bond acceptors (Lipinski definition) is 3. The highest BCUT2D eigenvalue weighted by Crippen LogP contribution is 2.19. The third-order valence-corrected chi connectivity index (χ3v) is 3.48. The highest BCUT2D eigenvalue weighted by atomic mass is 16.5. The fourth-order valence-electron chi connectivity index (χ4n) is 2.25. The van der Waals surface area contributed by atoms with Crippen molar-refractivity contribution in [2.75, 3.05) is 13.7 Å². The maximum Gasteiger partial charge on any atom is 0.276 e. The van der Waals surface area contributed by atoms with E-state index in [1.165, 1.54) is 7.11 Å². The van der Waals surface area contributed by atoms with Crippen molar-refractivity contribution in [3.8, 4) is 23.3 Å². The number of methoxy groups -OCH3 is 1. The predicted octanol–water partition coefficient (Wildman–Crippen LogP) is 2.66. The van der Waals surface area contributed by atoms with E-state index in [1.54, 1.807) is 10.9 Å². The second kappa shape index (κ2) is 7.84. The van der Waals surface area contributed by atoms with Gasteiger partial charge in [-0.15, -0.1) is 0 Å². The molecule has 0 aliphatic carbocycles. The molecule has 5 nitrogen and oxygen atoms in total. The number of nitrogens with zero attached hydrogens (tertiary/aromatic N) is 2. The standard InChI is InChI=1S/C20H17N3O2/c1-25-18-15-23(17-12-6-3-7-13-17)22-19(18)20(24)21-14-8-11-16-9-4-2-5-10-16/h2-7,9-10,12-13,15H,14H2,1H3,(H,21,24). The fourth-order valence-corrected chi connectivity index (χ4v) is 2.25. The zero-order chi connectivity index (χ0) is 17.5. The molecule has 1 aromatic heterocycles. The van der Waals surface area contributed by atoms with E-state index in [-0.39, 0.29) is 18.1 Å². The van der Waals surface area contributed by atoms with Crippen LogP contribution in [0.1, 0.15) is 16.1 Å². The number of para-hydroxylation sites is 1. The molecule has 5 heteroatoms. The summed E-state index contributed by atoms with van der Waals surface area (Å²) < 4.78 is 6.88. The lowest BCUT2D eigenvalue weighted by molar-refractivity contribution is 0.0950. The first-order chi connectivity index (χ1) is 12.3. The van der Waals surface area contributed by atoms with Crippen molar-refractivity contribution in [2.45, 2.75) is 0 Å². The van der Waals surface area contributed by atoms with E-state index in [2.05, 4.69) is 22.3 Å². The summed E-state index contributed by atoms with van der Waals surface area (Å²) in [5, 5.41) is 7.06. The van der Waals surface area contributed by atoms with Crippen LogP contribution in [0.3, 0.4) is 0 Å². The minimum atomic E-state index is -0.325. The topological polar surface area (TPSA) is 56.2 Å². The Kier molecular flexibility index (Phi) is 5.13. The first kappa shape index (κ1) is 16.3. The zero-order valence-electron chi connectivity index (χ0n) is 13.8. The number of carbonyl (C=O) groups excluding carboxylic acids is 1. The number of ether oxygens (including phenoxy) is 1. The van der Waals surface area contributed by atoms with Crippen molar-refractivity contribution in [3.05, 3.63) is 78.1 Å². The average Bonchev–Trinajstić information content (AvgIpc) is 3.11. The number of rotatable bonds is 4. The van der Waals surface area contributed by atoms with Gasteiger partial charge >= 0.3 is 0 Å². The third-order valence-electron chi connectivity index (χ3n) is 3.48. The molecule has 2 aromatic carbocycles. The predicted molar refractivity (Wildman–Crippen MR) is 95.8 cm³/mol. The number of carbonyl (C=O) groups is 1. The SMILES string of the molecule is COc1cn(-c2ccccc2)nc1C(=O)NCC#Cc1ccccc1. The van der Waals surface area contributed by atoms with Gasteiger partial charge in [0.1, 0.15) is 0 Å². The Morgan fingerprint density at radius 2 is 1.80 bits per heavy atom. The molecule has 124 valence electrons. The van der Waals surface area contributed by atoms with Crippen molar-refractivity contribution < 1.29 is 9.53 Å². The van der Waals surface area contributed by atoms with E-state index in [1.807, 2.05) is 60.7 Å². The second-order valence-corrected chi connectivity index (χ2v) is 5.18. The highest BCUT2D eigenvalue weighted by molar-refractivity contribution is 5.95. The third kappa shape index (κ3) is 4.06. The molecule has 3 rings (SSSR count). The highest BCUT2D eigenvalue weighted by Gasteiger charge is 2.17. The van der Waals surface area contributed by atoms with Crippen LogP contribution in [-0.2, 0) is 0 Å². The Morgan fingerprint density at radius 1 is 1.12 bits per heavy atom. The number of nitrogens with one attached hydrogen (secondary N) is 1. The minimum Gasteiger partial charge on any atom is -0.493 e. The van der Waals surface area contributed by atoms with Gasteiger partial charge < -0.3 is 10.1 Å². The Bertz CT molecular complexity index is 906. The molecule has 0 aliphatic rings. The number of hydrogen-bond donors (Lipinski definition) is 1. The normalized spacial score (nSPS) is 9.80. The molecular formula is C20H17N3O2. The molecule has 0 spiro atoms. The summed E-state index contributed by atoms with van der Waals surface area (Å²) >= 11 is 0. The van der Waals surface area contributed by atoms with Gasteiger partial charge in [0.15, 0.2) is 11.4 Å². The first-order valence-electron chi connectivity index (χ1n) is 7.79. The van der Waals surface area contributed by atoms with Gasteiger partial charge in [0.25, 0.3) is 5.91 Å². The molecular weight excluding hydrogens is 314 g/mol. The summed E-state index contributed by atoms with van der Waals surface area (Å²) in [6, 6.07) is 19.1. The van der Waals surface area contributed by atoms with Crippen LogP contribution in [-0.4, -0.2) is 29.3 Å². The van der Waals surface area contributed by atoms with E-state index in [0.717, 1.165) is 11.3 Å². The molecule has 0 saturated carbocycles. The first-order valence-corrected chi connectivity index (χ1v) is 7.79. The lowest BCUT2D eigenvalue weighted by atomic mass is 10.2. The van der Waals surface area contributed by atoms with E-state index in [9.17, 15) is 4.79 Å². The Labute approximate surface area is 146 Å². The molecule has 25 heavy (non-hydrogen) atoms. The van der Waals surface area contributed by atoms with Crippen LogP contribution in [0, 0.1) is 11.8 Å². The van der Waals surface area contributed by atoms with Crippen LogP contribution in [0.15, 0.2) is 66.9 Å². The Hall–Kier alpha value is -3.52. The molecule has 0 fully saturated rings. The smallest absolute Gasteiger partial charge is 0.276 e.